The summed E-state index contributed by atoms with van der Waals surface area (Å²) < 4.78 is 1.65. The third-order valence-electron chi connectivity index (χ3n) is 4.72. The minimum Gasteiger partial charge on any atom is -0.481 e. The molecule has 0 aromatic carbocycles. The second-order valence-corrected chi connectivity index (χ2v) is 5.97. The number of carbonyl (C=O) groups is 3. The summed E-state index contributed by atoms with van der Waals surface area (Å²) in [4.78, 5) is 37.1. The predicted octanol–water partition coefficient (Wildman–Crippen LogP) is 1.31. The number of aromatic nitrogens is 1. The Labute approximate surface area is 122 Å². The van der Waals surface area contributed by atoms with E-state index in [0.717, 1.165) is 12.8 Å². The minimum absolute atomic E-state index is 0.0132. The van der Waals surface area contributed by atoms with Crippen molar-refractivity contribution >= 4 is 17.7 Å². The van der Waals surface area contributed by atoms with Crippen LogP contribution in [0.2, 0.25) is 0 Å². The number of carboxylic acids is 1. The number of nitrogens with zero attached hydrogens (tertiary/aromatic N) is 2. The number of carbonyl (C=O) groups excluding carboxylic acids is 2. The summed E-state index contributed by atoms with van der Waals surface area (Å²) in [5.41, 5.74) is 0.949. The fourth-order valence-electron chi connectivity index (χ4n) is 3.67. The van der Waals surface area contributed by atoms with Crippen LogP contribution in [0.1, 0.15) is 47.0 Å². The number of ketones is 1. The Morgan fingerprint density at radius 3 is 2.52 bits per heavy atom. The first-order valence-electron chi connectivity index (χ1n) is 7.13. The lowest BCUT2D eigenvalue weighted by molar-refractivity contribution is -0.142. The number of rotatable bonds is 3. The summed E-state index contributed by atoms with van der Waals surface area (Å²) >= 11 is 0. The average Bonchev–Trinajstić information content (AvgIpc) is 3.09. The van der Waals surface area contributed by atoms with Crippen LogP contribution in [0.15, 0.2) is 12.3 Å². The van der Waals surface area contributed by atoms with Crippen molar-refractivity contribution in [3.8, 4) is 0 Å². The summed E-state index contributed by atoms with van der Waals surface area (Å²) in [6, 6.07) is 1.40. The maximum Gasteiger partial charge on any atom is 0.308 e. The van der Waals surface area contributed by atoms with Gasteiger partial charge in [0.25, 0.3) is 5.91 Å². The molecule has 1 N–H and O–H groups in total. The predicted molar refractivity (Wildman–Crippen MR) is 74.1 cm³/mol. The average molecular weight is 290 g/mol. The summed E-state index contributed by atoms with van der Waals surface area (Å²) in [6.07, 6.45) is 3.79. The Hall–Kier alpha value is -2.11. The highest BCUT2D eigenvalue weighted by Crippen LogP contribution is 2.42. The van der Waals surface area contributed by atoms with Crippen molar-refractivity contribution in [2.45, 2.75) is 38.3 Å². The van der Waals surface area contributed by atoms with Crippen LogP contribution in [0.5, 0.6) is 0 Å². The van der Waals surface area contributed by atoms with Crippen molar-refractivity contribution in [3.05, 3.63) is 23.5 Å². The van der Waals surface area contributed by atoms with Crippen molar-refractivity contribution in [3.63, 3.8) is 0 Å². The van der Waals surface area contributed by atoms with Crippen LogP contribution in [0.25, 0.3) is 0 Å². The second kappa shape index (κ2) is 4.72. The molecule has 2 aliphatic rings. The first kappa shape index (κ1) is 13.9. The number of carboxylic acid groups (broad SMARTS) is 1. The Balaban J connectivity index is 1.90. The molecule has 6 heteroatoms. The van der Waals surface area contributed by atoms with E-state index < -0.39 is 11.9 Å². The van der Waals surface area contributed by atoms with Crippen LogP contribution in [-0.4, -0.2) is 44.3 Å². The molecule has 1 amide bonds. The largest absolute Gasteiger partial charge is 0.481 e. The first-order valence-corrected chi connectivity index (χ1v) is 7.13. The first-order chi connectivity index (χ1) is 9.90. The molecule has 0 saturated carbocycles. The number of aliphatic carboxylic acids is 1. The van der Waals surface area contributed by atoms with Crippen molar-refractivity contribution < 1.29 is 19.5 Å². The molecule has 1 aromatic heterocycles. The maximum absolute atomic E-state index is 12.7. The van der Waals surface area contributed by atoms with E-state index in [2.05, 4.69) is 0 Å². The lowest BCUT2D eigenvalue weighted by Crippen LogP contribution is -2.38. The number of amides is 1. The molecule has 0 aliphatic carbocycles. The highest BCUT2D eigenvalue weighted by molar-refractivity contribution is 6.00. The van der Waals surface area contributed by atoms with Crippen molar-refractivity contribution in [2.75, 3.05) is 0 Å². The van der Waals surface area contributed by atoms with E-state index >= 15 is 0 Å². The Bertz CT molecular complexity index is 634. The van der Waals surface area contributed by atoms with E-state index in [4.69, 9.17) is 0 Å². The smallest absolute Gasteiger partial charge is 0.308 e. The van der Waals surface area contributed by atoms with Gasteiger partial charge in [-0.15, -0.1) is 0 Å². The molecule has 3 rings (SSSR count). The molecule has 0 radical (unpaired) electrons. The minimum atomic E-state index is -0.823. The molecule has 2 saturated heterocycles. The highest BCUT2D eigenvalue weighted by atomic mass is 16.4. The van der Waals surface area contributed by atoms with Gasteiger partial charge in [-0.3, -0.25) is 14.4 Å². The lowest BCUT2D eigenvalue weighted by atomic mass is 9.89. The zero-order valence-electron chi connectivity index (χ0n) is 12.1. The van der Waals surface area contributed by atoms with Gasteiger partial charge in [-0.05, 0) is 32.3 Å². The molecule has 6 nitrogen and oxygen atoms in total. The van der Waals surface area contributed by atoms with Crippen LogP contribution in [-0.2, 0) is 11.8 Å². The second-order valence-electron chi connectivity index (χ2n) is 5.97. The standard InChI is InChI=1S/C15H18N2O4/c1-8(18)9-5-13(16(2)7-9)14(19)17-10-3-4-12(17)11(6-10)15(20)21/h5,7,10-12H,3-4,6H2,1-2H3,(H,20,21). The molecule has 112 valence electrons. The Morgan fingerprint density at radius 1 is 1.29 bits per heavy atom. The van der Waals surface area contributed by atoms with Gasteiger partial charge in [0, 0.05) is 30.9 Å². The third kappa shape index (κ3) is 2.05. The monoisotopic (exact) mass is 290 g/mol. The van der Waals surface area contributed by atoms with Gasteiger partial charge in [-0.1, -0.05) is 0 Å². The van der Waals surface area contributed by atoms with Crippen molar-refractivity contribution in [1.29, 1.82) is 0 Å². The molecular weight excluding hydrogens is 272 g/mol. The third-order valence-corrected chi connectivity index (χ3v) is 4.72. The van der Waals surface area contributed by atoms with E-state index in [1.54, 1.807) is 28.8 Å². The van der Waals surface area contributed by atoms with Gasteiger partial charge in [0.15, 0.2) is 5.78 Å². The van der Waals surface area contributed by atoms with E-state index in [9.17, 15) is 19.5 Å². The van der Waals surface area contributed by atoms with Gasteiger partial charge in [0.2, 0.25) is 0 Å². The van der Waals surface area contributed by atoms with Crippen molar-refractivity contribution in [1.82, 2.24) is 9.47 Å². The number of hydrogen-bond acceptors (Lipinski definition) is 3. The summed E-state index contributed by atoms with van der Waals surface area (Å²) in [7, 11) is 1.73. The van der Waals surface area contributed by atoms with Crippen LogP contribution in [0.4, 0.5) is 0 Å². The van der Waals surface area contributed by atoms with E-state index in [-0.39, 0.29) is 23.8 Å². The Morgan fingerprint density at radius 2 is 2.00 bits per heavy atom. The van der Waals surface area contributed by atoms with Gasteiger partial charge in [-0.25, -0.2) is 0 Å². The van der Waals surface area contributed by atoms with E-state index in [1.807, 2.05) is 0 Å². The zero-order valence-corrected chi connectivity index (χ0v) is 12.1. The topological polar surface area (TPSA) is 79.6 Å². The molecule has 0 spiro atoms. The van der Waals surface area contributed by atoms with Gasteiger partial charge >= 0.3 is 5.97 Å². The summed E-state index contributed by atoms with van der Waals surface area (Å²) in [5, 5.41) is 9.25. The quantitative estimate of drug-likeness (QED) is 0.851. The number of aryl methyl sites for hydroxylation is 1. The fraction of sp³-hybridized carbons (Fsp3) is 0.533. The number of Topliss-reactive ketones (excluding diaryl/α,β-unsaturated/α-hetero) is 1. The molecule has 2 bridgehead atoms. The summed E-state index contributed by atoms with van der Waals surface area (Å²) in [6.45, 7) is 1.46. The number of hydrogen-bond donors (Lipinski definition) is 1. The normalized spacial score (nSPS) is 27.1. The number of fused-ring (bicyclic) bond motifs is 2. The molecule has 2 aliphatic heterocycles. The van der Waals surface area contributed by atoms with Gasteiger partial charge in [0.1, 0.15) is 5.69 Å². The van der Waals surface area contributed by atoms with Crippen LogP contribution >= 0.6 is 0 Å². The van der Waals surface area contributed by atoms with Crippen LogP contribution in [0, 0.1) is 5.92 Å². The molecule has 21 heavy (non-hydrogen) atoms. The van der Waals surface area contributed by atoms with E-state index in [0.29, 0.717) is 17.7 Å². The van der Waals surface area contributed by atoms with Crippen LogP contribution < -0.4 is 0 Å². The van der Waals surface area contributed by atoms with Crippen molar-refractivity contribution in [2.24, 2.45) is 13.0 Å². The molecule has 3 heterocycles. The molecular formula is C15H18N2O4. The zero-order chi connectivity index (χ0) is 15.3. The van der Waals surface area contributed by atoms with Gasteiger partial charge < -0.3 is 14.6 Å². The van der Waals surface area contributed by atoms with Gasteiger partial charge in [-0.2, -0.15) is 0 Å². The molecule has 3 atom stereocenters. The highest BCUT2D eigenvalue weighted by Gasteiger charge is 2.51. The fourth-order valence-corrected chi connectivity index (χ4v) is 3.67. The van der Waals surface area contributed by atoms with E-state index in [1.165, 1.54) is 6.92 Å². The SMILES string of the molecule is CC(=O)c1cc(C(=O)N2C3CCC2C(C(=O)O)C3)n(C)c1. The molecule has 3 unspecified atom stereocenters. The maximum atomic E-state index is 12.7. The Kier molecular flexibility index (Phi) is 3.11. The molecule has 2 fully saturated rings. The lowest BCUT2D eigenvalue weighted by Gasteiger charge is -2.23. The van der Waals surface area contributed by atoms with Gasteiger partial charge in [0.05, 0.1) is 5.92 Å². The molecule has 1 aromatic rings. The van der Waals surface area contributed by atoms with Crippen LogP contribution in [0.3, 0.4) is 0 Å². The summed E-state index contributed by atoms with van der Waals surface area (Å²) in [5.74, 6) is -1.53.